The summed E-state index contributed by atoms with van der Waals surface area (Å²) in [6.07, 6.45) is 1.70. The minimum Gasteiger partial charge on any atom is -0.310 e. The number of nitrogens with one attached hydrogen (secondary N) is 1. The third-order valence-electron chi connectivity index (χ3n) is 2.24. The van der Waals surface area contributed by atoms with E-state index >= 15 is 0 Å². The topological polar surface area (TPSA) is 42.0 Å². The Morgan fingerprint density at radius 1 is 1.33 bits per heavy atom. The standard InChI is InChI=1S/C13H10BrFN2O/c14-10-4-5-16-12(8-10)17-13(18)7-9-2-1-3-11(15)6-9/h1-6,8H,7H2,(H,16,17,18). The first-order valence-corrected chi connectivity index (χ1v) is 6.08. The van der Waals surface area contributed by atoms with E-state index in [1.54, 1.807) is 30.5 Å². The number of aromatic nitrogens is 1. The molecule has 0 radical (unpaired) electrons. The van der Waals surface area contributed by atoms with Crippen LogP contribution in [0.1, 0.15) is 5.56 Å². The zero-order valence-corrected chi connectivity index (χ0v) is 10.9. The van der Waals surface area contributed by atoms with Gasteiger partial charge < -0.3 is 5.32 Å². The maximum Gasteiger partial charge on any atom is 0.229 e. The van der Waals surface area contributed by atoms with Crippen LogP contribution in [0.4, 0.5) is 10.2 Å². The molecular weight excluding hydrogens is 299 g/mol. The van der Waals surface area contributed by atoms with Gasteiger partial charge in [0.1, 0.15) is 11.6 Å². The van der Waals surface area contributed by atoms with E-state index in [1.807, 2.05) is 0 Å². The number of benzene rings is 1. The molecule has 5 heteroatoms. The molecule has 1 heterocycles. The highest BCUT2D eigenvalue weighted by Gasteiger charge is 2.05. The van der Waals surface area contributed by atoms with E-state index in [-0.39, 0.29) is 18.1 Å². The molecule has 0 saturated heterocycles. The van der Waals surface area contributed by atoms with Crippen molar-refractivity contribution in [2.75, 3.05) is 5.32 Å². The number of carbonyl (C=O) groups is 1. The Hall–Kier alpha value is -1.75. The summed E-state index contributed by atoms with van der Waals surface area (Å²) in [4.78, 5) is 15.7. The molecule has 0 bridgehead atoms. The summed E-state index contributed by atoms with van der Waals surface area (Å²) in [5, 5.41) is 2.65. The summed E-state index contributed by atoms with van der Waals surface area (Å²) >= 11 is 3.29. The molecule has 0 unspecified atom stereocenters. The minimum absolute atomic E-state index is 0.117. The fraction of sp³-hybridized carbons (Fsp3) is 0.0769. The molecule has 1 aromatic carbocycles. The maximum absolute atomic E-state index is 12.9. The first kappa shape index (κ1) is 12.7. The Kier molecular flexibility index (Phi) is 4.04. The van der Waals surface area contributed by atoms with E-state index < -0.39 is 0 Å². The summed E-state index contributed by atoms with van der Waals surface area (Å²) in [7, 11) is 0. The lowest BCUT2D eigenvalue weighted by molar-refractivity contribution is -0.115. The second-order valence-corrected chi connectivity index (χ2v) is 4.63. The number of anilines is 1. The summed E-state index contributed by atoms with van der Waals surface area (Å²) in [6.45, 7) is 0. The van der Waals surface area contributed by atoms with E-state index in [0.29, 0.717) is 11.4 Å². The average Bonchev–Trinajstić information content (AvgIpc) is 2.28. The smallest absolute Gasteiger partial charge is 0.229 e. The molecule has 1 N–H and O–H groups in total. The lowest BCUT2D eigenvalue weighted by Crippen LogP contribution is -2.15. The van der Waals surface area contributed by atoms with Crippen LogP contribution >= 0.6 is 15.9 Å². The van der Waals surface area contributed by atoms with Crippen molar-refractivity contribution in [3.05, 3.63) is 58.4 Å². The van der Waals surface area contributed by atoms with Crippen molar-refractivity contribution < 1.29 is 9.18 Å². The van der Waals surface area contributed by atoms with Gasteiger partial charge in [-0.05, 0) is 29.8 Å². The van der Waals surface area contributed by atoms with Crippen molar-refractivity contribution in [1.82, 2.24) is 4.98 Å². The highest BCUT2D eigenvalue weighted by molar-refractivity contribution is 9.10. The molecule has 92 valence electrons. The number of halogens is 2. The molecule has 0 aliphatic rings. The summed E-state index contributed by atoms with van der Waals surface area (Å²) in [6, 6.07) is 9.43. The van der Waals surface area contributed by atoms with Gasteiger partial charge in [-0.3, -0.25) is 4.79 Å². The van der Waals surface area contributed by atoms with Crippen molar-refractivity contribution in [2.24, 2.45) is 0 Å². The fourth-order valence-corrected chi connectivity index (χ4v) is 1.83. The molecule has 2 rings (SSSR count). The van der Waals surface area contributed by atoms with Gasteiger partial charge in [0.15, 0.2) is 0 Å². The first-order valence-electron chi connectivity index (χ1n) is 5.29. The highest BCUT2D eigenvalue weighted by atomic mass is 79.9. The number of rotatable bonds is 3. The second-order valence-electron chi connectivity index (χ2n) is 3.71. The van der Waals surface area contributed by atoms with E-state index in [2.05, 4.69) is 26.2 Å². The lowest BCUT2D eigenvalue weighted by atomic mass is 10.1. The third-order valence-corrected chi connectivity index (χ3v) is 2.74. The molecule has 0 saturated carbocycles. The molecule has 2 aromatic rings. The number of pyridine rings is 1. The summed E-state index contributed by atoms with van der Waals surface area (Å²) < 4.78 is 13.8. The van der Waals surface area contributed by atoms with Crippen molar-refractivity contribution in [2.45, 2.75) is 6.42 Å². The van der Waals surface area contributed by atoms with Crippen LogP contribution in [0.3, 0.4) is 0 Å². The van der Waals surface area contributed by atoms with E-state index in [4.69, 9.17) is 0 Å². The summed E-state index contributed by atoms with van der Waals surface area (Å²) in [5.41, 5.74) is 0.627. The SMILES string of the molecule is O=C(Cc1cccc(F)c1)Nc1cc(Br)ccn1. The van der Waals surface area contributed by atoms with Gasteiger partial charge in [0.05, 0.1) is 6.42 Å². The number of amides is 1. The molecule has 0 atom stereocenters. The van der Waals surface area contributed by atoms with Gasteiger partial charge in [0.25, 0.3) is 0 Å². The predicted molar refractivity (Wildman–Crippen MR) is 70.7 cm³/mol. The van der Waals surface area contributed by atoms with Gasteiger partial charge in [-0.1, -0.05) is 28.1 Å². The normalized spacial score (nSPS) is 10.1. The average molecular weight is 309 g/mol. The zero-order valence-electron chi connectivity index (χ0n) is 9.36. The lowest BCUT2D eigenvalue weighted by Gasteiger charge is -2.04. The van der Waals surface area contributed by atoms with Gasteiger partial charge >= 0.3 is 0 Å². The number of hydrogen-bond donors (Lipinski definition) is 1. The number of nitrogens with zero attached hydrogens (tertiary/aromatic N) is 1. The van der Waals surface area contributed by atoms with Gasteiger partial charge in [-0.15, -0.1) is 0 Å². The van der Waals surface area contributed by atoms with Crippen LogP contribution in [-0.4, -0.2) is 10.9 Å². The Balaban J connectivity index is 2.01. The number of hydrogen-bond acceptors (Lipinski definition) is 2. The highest BCUT2D eigenvalue weighted by Crippen LogP contribution is 2.13. The molecule has 3 nitrogen and oxygen atoms in total. The first-order chi connectivity index (χ1) is 8.63. The molecule has 0 fully saturated rings. The van der Waals surface area contributed by atoms with Crippen LogP contribution < -0.4 is 5.32 Å². The Morgan fingerprint density at radius 3 is 2.89 bits per heavy atom. The monoisotopic (exact) mass is 308 g/mol. The predicted octanol–water partition coefficient (Wildman–Crippen LogP) is 3.16. The van der Waals surface area contributed by atoms with Gasteiger partial charge in [0.2, 0.25) is 5.91 Å². The Bertz CT molecular complexity index is 525. The molecule has 1 aromatic heterocycles. The van der Waals surface area contributed by atoms with E-state index in [1.165, 1.54) is 12.1 Å². The molecule has 18 heavy (non-hydrogen) atoms. The Labute approximate surface area is 112 Å². The van der Waals surface area contributed by atoms with Gasteiger partial charge in [-0.25, -0.2) is 9.37 Å². The van der Waals surface area contributed by atoms with Crippen molar-refractivity contribution in [3.63, 3.8) is 0 Å². The van der Waals surface area contributed by atoms with Crippen LogP contribution in [0.15, 0.2) is 47.1 Å². The van der Waals surface area contributed by atoms with Crippen LogP contribution in [0.5, 0.6) is 0 Å². The molecule has 1 amide bonds. The van der Waals surface area contributed by atoms with Crippen LogP contribution in [0, 0.1) is 5.82 Å². The van der Waals surface area contributed by atoms with Gasteiger partial charge in [0, 0.05) is 10.7 Å². The van der Waals surface area contributed by atoms with E-state index in [0.717, 1.165) is 4.47 Å². The van der Waals surface area contributed by atoms with Crippen LogP contribution in [-0.2, 0) is 11.2 Å². The quantitative estimate of drug-likeness (QED) is 0.946. The van der Waals surface area contributed by atoms with E-state index in [9.17, 15) is 9.18 Å². The second kappa shape index (κ2) is 5.73. The molecule has 0 aliphatic carbocycles. The molecular formula is C13H10BrFN2O. The third kappa shape index (κ3) is 3.63. The largest absolute Gasteiger partial charge is 0.310 e. The van der Waals surface area contributed by atoms with Crippen molar-refractivity contribution in [3.8, 4) is 0 Å². The van der Waals surface area contributed by atoms with Gasteiger partial charge in [-0.2, -0.15) is 0 Å². The summed E-state index contributed by atoms with van der Waals surface area (Å²) in [5.74, 6) is -0.113. The molecule has 0 aliphatic heterocycles. The van der Waals surface area contributed by atoms with Crippen LogP contribution in [0.2, 0.25) is 0 Å². The van der Waals surface area contributed by atoms with Crippen molar-refractivity contribution in [1.29, 1.82) is 0 Å². The van der Waals surface area contributed by atoms with Crippen LogP contribution in [0.25, 0.3) is 0 Å². The maximum atomic E-state index is 12.9. The zero-order chi connectivity index (χ0) is 13.0. The Morgan fingerprint density at radius 2 is 2.17 bits per heavy atom. The molecule has 0 spiro atoms. The van der Waals surface area contributed by atoms with Crippen molar-refractivity contribution >= 4 is 27.7 Å². The number of carbonyl (C=O) groups excluding carboxylic acids is 1. The fourth-order valence-electron chi connectivity index (χ4n) is 1.49. The minimum atomic E-state index is -0.346.